The molecule has 1 aliphatic rings. The van der Waals surface area contributed by atoms with Gasteiger partial charge in [-0.3, -0.25) is 14.8 Å². The molecule has 0 bridgehead atoms. The number of rotatable bonds is 12. The molecule has 76 heavy (non-hydrogen) atoms. The van der Waals surface area contributed by atoms with Gasteiger partial charge >= 0.3 is 20.1 Å². The van der Waals surface area contributed by atoms with Gasteiger partial charge in [0.1, 0.15) is 5.69 Å². The SMILES string of the molecule is CC(C)c1cccc(C(C)C)c1-n1ccnc1-c1[c-]ccc(C#N)c1.CC(C)c1cccc(C(C)C)c1-n1ccnc1-c1[c-]ccc(C#N)c1.[C-]#[N+]c1cc[c-]c(C2=NC=CC2c2c(C(C)C)cccc2C(C)C)c1.[Ir+3]. The molecule has 0 N–H and O–H groups in total. The fourth-order valence-corrected chi connectivity index (χ4v) is 9.77. The molecule has 0 aliphatic carbocycles. The van der Waals surface area contributed by atoms with E-state index in [0.29, 0.717) is 52.3 Å². The second-order valence-electron chi connectivity index (χ2n) is 20.7. The summed E-state index contributed by atoms with van der Waals surface area (Å²) in [6.45, 7) is 33.9. The van der Waals surface area contributed by atoms with Gasteiger partial charge in [-0.05, 0) is 91.3 Å². The molecule has 9 rings (SSSR count). The van der Waals surface area contributed by atoms with Crippen molar-refractivity contribution in [2.45, 2.75) is 125 Å². The average molecular weight is 1180 g/mol. The molecule has 3 heterocycles. The maximum absolute atomic E-state index is 9.19. The van der Waals surface area contributed by atoms with Crippen LogP contribution < -0.4 is 0 Å². The van der Waals surface area contributed by atoms with Crippen LogP contribution in [0.5, 0.6) is 0 Å². The van der Waals surface area contributed by atoms with Gasteiger partial charge < -0.3 is 14.1 Å². The van der Waals surface area contributed by atoms with Crippen LogP contribution in [0.25, 0.3) is 39.0 Å². The van der Waals surface area contributed by atoms with Crippen molar-refractivity contribution in [2.24, 2.45) is 4.99 Å². The van der Waals surface area contributed by atoms with Gasteiger partial charge in [0.15, 0.2) is 0 Å². The minimum absolute atomic E-state index is 0. The first kappa shape index (κ1) is 57.5. The molecule has 0 saturated heterocycles. The molecule has 1 unspecified atom stereocenters. The second-order valence-corrected chi connectivity index (χ2v) is 20.7. The zero-order chi connectivity index (χ0) is 53.9. The van der Waals surface area contributed by atoms with E-state index in [2.05, 4.69) is 203 Å². The van der Waals surface area contributed by atoms with Crippen molar-refractivity contribution < 1.29 is 20.1 Å². The van der Waals surface area contributed by atoms with Crippen molar-refractivity contribution in [2.75, 3.05) is 0 Å². The second kappa shape index (κ2) is 26.2. The van der Waals surface area contributed by atoms with Crippen LogP contribution in [-0.2, 0) is 20.1 Å². The third kappa shape index (κ3) is 12.8. The number of imidazole rings is 2. The zero-order valence-electron chi connectivity index (χ0n) is 45.8. The van der Waals surface area contributed by atoms with Crippen molar-refractivity contribution in [3.05, 3.63) is 232 Å². The minimum atomic E-state index is 0. The van der Waals surface area contributed by atoms with Gasteiger partial charge in [0.05, 0.1) is 30.4 Å². The van der Waals surface area contributed by atoms with E-state index >= 15 is 0 Å². The Balaban J connectivity index is 0.000000184. The van der Waals surface area contributed by atoms with Crippen LogP contribution in [0.15, 0.2) is 151 Å². The monoisotopic (exact) mass is 1180 g/mol. The Kier molecular flexibility index (Phi) is 19.8. The summed E-state index contributed by atoms with van der Waals surface area (Å²) in [5, 5.41) is 18.4. The molecule has 384 valence electrons. The number of para-hydroxylation sites is 2. The third-order valence-corrected chi connectivity index (χ3v) is 13.5. The van der Waals surface area contributed by atoms with E-state index in [-0.39, 0.29) is 26.0 Å². The number of nitriles is 2. The zero-order valence-corrected chi connectivity index (χ0v) is 48.2. The van der Waals surface area contributed by atoms with Gasteiger partial charge in [0.2, 0.25) is 0 Å². The van der Waals surface area contributed by atoms with Crippen molar-refractivity contribution in [3.63, 3.8) is 0 Å². The van der Waals surface area contributed by atoms with Crippen LogP contribution >= 0.6 is 0 Å². The van der Waals surface area contributed by atoms with E-state index in [1.165, 1.54) is 50.3 Å². The fraction of sp³-hybridized carbons (Fsp3) is 0.284. The molecule has 1 aliphatic heterocycles. The molecule has 1 atom stereocenters. The Bertz CT molecular complexity index is 3230. The normalized spacial score (nSPS) is 12.7. The number of aromatic nitrogens is 4. The van der Waals surface area contributed by atoms with Crippen molar-refractivity contribution in [1.82, 2.24) is 19.1 Å². The molecule has 0 fully saturated rings. The number of hydrogen-bond donors (Lipinski definition) is 0. The van der Waals surface area contributed by atoms with Crippen LogP contribution in [0.1, 0.15) is 180 Å². The van der Waals surface area contributed by atoms with E-state index in [9.17, 15) is 10.5 Å². The first-order valence-corrected chi connectivity index (χ1v) is 26.0. The van der Waals surface area contributed by atoms with Crippen LogP contribution in [-0.4, -0.2) is 24.8 Å². The van der Waals surface area contributed by atoms with Crippen LogP contribution in [0.4, 0.5) is 5.69 Å². The van der Waals surface area contributed by atoms with Gasteiger partial charge in [-0.2, -0.15) is 16.6 Å². The first-order valence-electron chi connectivity index (χ1n) is 26.0. The first-order chi connectivity index (χ1) is 36.1. The summed E-state index contributed by atoms with van der Waals surface area (Å²) < 4.78 is 4.27. The number of benzene rings is 6. The van der Waals surface area contributed by atoms with Crippen molar-refractivity contribution in [3.8, 4) is 46.3 Å². The molecule has 9 heteroatoms. The summed E-state index contributed by atoms with van der Waals surface area (Å²) in [6, 6.07) is 50.0. The fourth-order valence-electron chi connectivity index (χ4n) is 9.77. The summed E-state index contributed by atoms with van der Waals surface area (Å²) in [6.07, 6.45) is 11.7. The Morgan fingerprint density at radius 1 is 0.526 bits per heavy atom. The molecule has 0 radical (unpaired) electrons. The van der Waals surface area contributed by atoms with E-state index in [0.717, 1.165) is 34.1 Å². The van der Waals surface area contributed by atoms with Gasteiger partial charge in [-0.1, -0.05) is 144 Å². The van der Waals surface area contributed by atoms with Gasteiger partial charge in [0.25, 0.3) is 0 Å². The molecule has 8 aromatic rings. The van der Waals surface area contributed by atoms with Crippen molar-refractivity contribution >= 4 is 11.4 Å². The van der Waals surface area contributed by atoms with E-state index in [4.69, 9.17) is 6.57 Å². The minimum Gasteiger partial charge on any atom is -0.340 e. The number of aliphatic imine (C=N–C) groups is 1. The summed E-state index contributed by atoms with van der Waals surface area (Å²) in [4.78, 5) is 17.3. The third-order valence-electron chi connectivity index (χ3n) is 13.5. The summed E-state index contributed by atoms with van der Waals surface area (Å²) in [5.74, 6) is 4.24. The van der Waals surface area contributed by atoms with Crippen LogP contribution in [0.2, 0.25) is 0 Å². The Morgan fingerprint density at radius 2 is 0.908 bits per heavy atom. The van der Waals surface area contributed by atoms with Crippen molar-refractivity contribution in [1.29, 1.82) is 10.5 Å². The molecular formula is C67H67IrN8. The quantitative estimate of drug-likeness (QED) is 0.114. The average Bonchev–Trinajstić information content (AvgIpc) is 4.24. The number of hydrogen-bond acceptors (Lipinski definition) is 5. The summed E-state index contributed by atoms with van der Waals surface area (Å²) in [5.41, 5.74) is 17.1. The molecular weight excluding hydrogens is 1110 g/mol. The number of nitrogens with zero attached hydrogens (tertiary/aromatic N) is 8. The van der Waals surface area contributed by atoms with Gasteiger partial charge in [-0.15, -0.1) is 83.4 Å². The maximum Gasteiger partial charge on any atom is 3.00 e. The number of allylic oxidation sites excluding steroid dienone is 1. The predicted molar refractivity (Wildman–Crippen MR) is 306 cm³/mol. The largest absolute Gasteiger partial charge is 3.00 e. The van der Waals surface area contributed by atoms with Gasteiger partial charge in [0, 0.05) is 48.3 Å². The van der Waals surface area contributed by atoms with E-state index in [1.54, 1.807) is 30.3 Å². The molecule has 8 nitrogen and oxygen atoms in total. The van der Waals surface area contributed by atoms with E-state index in [1.807, 2.05) is 55.3 Å². The standard InChI is InChI=1S/C23H23N2.2C22H22N3.Ir/c1-15(2)19-10-7-11-20(16(3)4)22(19)21-12-13-25-23(21)17-8-6-9-18(14-17)24-5;2*1-15(2)19-9-6-10-20(16(3)4)21(19)25-12-11-24-22(25)18-8-5-7-17(13-18)14-23;/h6-7,9-16,21H,1-4H3;2*5-7,9-13,15-16H,1-4H3;/q3*-1;+3. The van der Waals surface area contributed by atoms with Gasteiger partial charge in [-0.25, -0.2) is 0 Å². The smallest absolute Gasteiger partial charge is 0.340 e. The molecule has 2 aromatic heterocycles. The van der Waals surface area contributed by atoms with Crippen LogP contribution in [0, 0.1) is 47.4 Å². The molecule has 0 amide bonds. The Labute approximate surface area is 465 Å². The Morgan fingerprint density at radius 3 is 1.29 bits per heavy atom. The predicted octanol–water partition coefficient (Wildman–Crippen LogP) is 17.3. The Hall–Kier alpha value is -7.73. The molecule has 0 saturated carbocycles. The molecule has 6 aromatic carbocycles. The maximum atomic E-state index is 9.19. The summed E-state index contributed by atoms with van der Waals surface area (Å²) in [7, 11) is 0. The topological polar surface area (TPSA) is 99.9 Å². The van der Waals surface area contributed by atoms with E-state index < -0.39 is 0 Å². The molecule has 0 spiro atoms. The summed E-state index contributed by atoms with van der Waals surface area (Å²) >= 11 is 0. The van der Waals surface area contributed by atoms with Crippen LogP contribution in [0.3, 0.4) is 0 Å².